The standard InChI is InChI=1S/C16H21FN2O6S/c1-25-13-7-6-10(15(20)18-12(9-17)16(21)22)8-14(13)26(23,24)19-11-4-2-3-5-11/h6-8,11-12,19H,2-5,9H2,1H3,(H,18,20)(H,21,22). The van der Waals surface area contributed by atoms with Crippen LogP contribution in [0.5, 0.6) is 5.75 Å². The zero-order valence-corrected chi connectivity index (χ0v) is 15.0. The second-order valence-corrected chi connectivity index (χ2v) is 7.67. The van der Waals surface area contributed by atoms with Gasteiger partial charge in [-0.15, -0.1) is 0 Å². The Morgan fingerprint density at radius 2 is 2.00 bits per heavy atom. The number of rotatable bonds is 8. The molecule has 1 amide bonds. The molecule has 0 aromatic heterocycles. The maximum absolute atomic E-state index is 12.7. The minimum absolute atomic E-state index is 0.0484. The number of carbonyl (C=O) groups is 2. The van der Waals surface area contributed by atoms with E-state index in [0.29, 0.717) is 0 Å². The Hall–Kier alpha value is -2.20. The molecule has 0 aliphatic heterocycles. The second kappa shape index (κ2) is 8.45. The van der Waals surface area contributed by atoms with Crippen molar-refractivity contribution in [1.82, 2.24) is 10.0 Å². The molecule has 1 atom stereocenters. The SMILES string of the molecule is COc1ccc(C(=O)NC(CF)C(=O)O)cc1S(=O)(=O)NC1CCCC1. The van der Waals surface area contributed by atoms with Crippen molar-refractivity contribution in [2.24, 2.45) is 0 Å². The third-order valence-electron chi connectivity index (χ3n) is 4.15. The number of hydrogen-bond acceptors (Lipinski definition) is 5. The average Bonchev–Trinajstić information content (AvgIpc) is 3.10. The molecule has 0 heterocycles. The highest BCUT2D eigenvalue weighted by Gasteiger charge is 2.27. The van der Waals surface area contributed by atoms with E-state index >= 15 is 0 Å². The quantitative estimate of drug-likeness (QED) is 0.612. The van der Waals surface area contributed by atoms with Gasteiger partial charge in [0.15, 0.2) is 6.04 Å². The van der Waals surface area contributed by atoms with Crippen LogP contribution >= 0.6 is 0 Å². The molecule has 0 bridgehead atoms. The van der Waals surface area contributed by atoms with Crippen LogP contribution in [0.2, 0.25) is 0 Å². The van der Waals surface area contributed by atoms with E-state index in [-0.39, 0.29) is 22.3 Å². The summed E-state index contributed by atoms with van der Waals surface area (Å²) in [4.78, 5) is 22.8. The van der Waals surface area contributed by atoms with E-state index in [2.05, 4.69) is 4.72 Å². The van der Waals surface area contributed by atoms with Crippen molar-refractivity contribution in [1.29, 1.82) is 0 Å². The Balaban J connectivity index is 2.29. The minimum atomic E-state index is -3.94. The van der Waals surface area contributed by atoms with E-state index in [1.165, 1.54) is 19.2 Å². The first-order chi connectivity index (χ1) is 12.3. The molecule has 8 nitrogen and oxygen atoms in total. The van der Waals surface area contributed by atoms with Crippen LogP contribution in [0.4, 0.5) is 4.39 Å². The van der Waals surface area contributed by atoms with Crippen LogP contribution in [0.3, 0.4) is 0 Å². The van der Waals surface area contributed by atoms with Gasteiger partial charge in [-0.25, -0.2) is 22.3 Å². The van der Waals surface area contributed by atoms with Crippen molar-refractivity contribution < 1.29 is 32.2 Å². The average molecular weight is 388 g/mol. The zero-order valence-electron chi connectivity index (χ0n) is 14.2. The number of carbonyl (C=O) groups excluding carboxylic acids is 1. The van der Waals surface area contributed by atoms with E-state index in [4.69, 9.17) is 9.84 Å². The summed E-state index contributed by atoms with van der Waals surface area (Å²) in [6.45, 7) is -1.29. The lowest BCUT2D eigenvalue weighted by atomic mass is 10.2. The molecule has 10 heteroatoms. The van der Waals surface area contributed by atoms with Gasteiger partial charge in [-0.3, -0.25) is 4.79 Å². The van der Waals surface area contributed by atoms with Crippen LogP contribution in [0.15, 0.2) is 23.1 Å². The third kappa shape index (κ3) is 4.70. The van der Waals surface area contributed by atoms with Crippen molar-refractivity contribution in [3.63, 3.8) is 0 Å². The van der Waals surface area contributed by atoms with E-state index in [0.717, 1.165) is 31.7 Å². The van der Waals surface area contributed by atoms with E-state index in [1.54, 1.807) is 0 Å². The Bertz CT molecular complexity index is 777. The fourth-order valence-corrected chi connectivity index (χ4v) is 4.26. The molecule has 1 unspecified atom stereocenters. The van der Waals surface area contributed by atoms with Crippen LogP contribution in [-0.4, -0.2) is 51.3 Å². The van der Waals surface area contributed by atoms with Crippen molar-refractivity contribution in [3.8, 4) is 5.75 Å². The lowest BCUT2D eigenvalue weighted by Gasteiger charge is -2.16. The van der Waals surface area contributed by atoms with Crippen LogP contribution in [0.25, 0.3) is 0 Å². The summed E-state index contributed by atoms with van der Waals surface area (Å²) >= 11 is 0. The summed E-state index contributed by atoms with van der Waals surface area (Å²) in [6, 6.07) is 1.78. The van der Waals surface area contributed by atoms with Gasteiger partial charge in [0.1, 0.15) is 17.3 Å². The van der Waals surface area contributed by atoms with Gasteiger partial charge in [-0.05, 0) is 31.0 Å². The number of carboxylic acids is 1. The number of hydrogen-bond donors (Lipinski definition) is 3. The highest BCUT2D eigenvalue weighted by molar-refractivity contribution is 7.89. The fraction of sp³-hybridized carbons (Fsp3) is 0.500. The molecule has 3 N–H and O–H groups in total. The molecule has 144 valence electrons. The largest absolute Gasteiger partial charge is 0.495 e. The normalized spacial score (nSPS) is 16.2. The van der Waals surface area contributed by atoms with E-state index in [1.807, 2.05) is 5.32 Å². The maximum atomic E-state index is 12.7. The van der Waals surface area contributed by atoms with Crippen LogP contribution in [0, 0.1) is 0 Å². The number of carboxylic acid groups (broad SMARTS) is 1. The Morgan fingerprint density at radius 3 is 2.54 bits per heavy atom. The van der Waals surface area contributed by atoms with E-state index < -0.39 is 34.6 Å². The fourth-order valence-electron chi connectivity index (χ4n) is 2.76. The van der Waals surface area contributed by atoms with Crippen LogP contribution in [-0.2, 0) is 14.8 Å². The highest BCUT2D eigenvalue weighted by atomic mass is 32.2. The molecular formula is C16H21FN2O6S. The number of sulfonamides is 1. The highest BCUT2D eigenvalue weighted by Crippen LogP contribution is 2.27. The van der Waals surface area contributed by atoms with Gasteiger partial charge in [0.2, 0.25) is 10.0 Å². The van der Waals surface area contributed by atoms with Gasteiger partial charge < -0.3 is 15.2 Å². The molecule has 26 heavy (non-hydrogen) atoms. The first-order valence-electron chi connectivity index (χ1n) is 8.08. The van der Waals surface area contributed by atoms with Crippen LogP contribution in [0.1, 0.15) is 36.0 Å². The predicted octanol–water partition coefficient (Wildman–Crippen LogP) is 1.07. The van der Waals surface area contributed by atoms with Gasteiger partial charge in [0.05, 0.1) is 7.11 Å². The lowest BCUT2D eigenvalue weighted by molar-refractivity contribution is -0.139. The van der Waals surface area contributed by atoms with E-state index in [9.17, 15) is 22.4 Å². The zero-order chi connectivity index (χ0) is 19.3. The summed E-state index contributed by atoms with van der Waals surface area (Å²) in [5.74, 6) is -2.37. The molecule has 1 aromatic rings. The second-order valence-electron chi connectivity index (χ2n) is 5.99. The smallest absolute Gasteiger partial charge is 0.328 e. The predicted molar refractivity (Wildman–Crippen MR) is 90.4 cm³/mol. The molecular weight excluding hydrogens is 367 g/mol. The summed E-state index contributed by atoms with van der Waals surface area (Å²) in [6.07, 6.45) is 3.34. The van der Waals surface area contributed by atoms with Crippen molar-refractivity contribution in [2.45, 2.75) is 42.7 Å². The summed E-state index contributed by atoms with van der Waals surface area (Å²) in [7, 11) is -2.64. The van der Waals surface area contributed by atoms with Gasteiger partial charge >= 0.3 is 5.97 Å². The van der Waals surface area contributed by atoms with Gasteiger partial charge in [-0.1, -0.05) is 12.8 Å². The number of aliphatic carboxylic acids is 1. The van der Waals surface area contributed by atoms with Gasteiger partial charge in [0, 0.05) is 11.6 Å². The molecule has 1 aliphatic rings. The molecule has 1 fully saturated rings. The number of benzene rings is 1. The minimum Gasteiger partial charge on any atom is -0.495 e. The molecule has 2 rings (SSSR count). The first-order valence-corrected chi connectivity index (χ1v) is 9.57. The topological polar surface area (TPSA) is 122 Å². The first kappa shape index (κ1) is 20.1. The Kier molecular flexibility index (Phi) is 6.54. The molecule has 1 saturated carbocycles. The molecule has 1 aromatic carbocycles. The van der Waals surface area contributed by atoms with Crippen molar-refractivity contribution in [2.75, 3.05) is 13.8 Å². The van der Waals surface area contributed by atoms with Gasteiger partial charge in [-0.2, -0.15) is 0 Å². The molecule has 1 aliphatic carbocycles. The number of alkyl halides is 1. The number of amides is 1. The third-order valence-corrected chi connectivity index (χ3v) is 5.69. The summed E-state index contributed by atoms with van der Waals surface area (Å²) < 4.78 is 45.6. The summed E-state index contributed by atoms with van der Waals surface area (Å²) in [5.41, 5.74) is -0.114. The number of halogens is 1. The lowest BCUT2D eigenvalue weighted by Crippen LogP contribution is -2.42. The summed E-state index contributed by atoms with van der Waals surface area (Å²) in [5, 5.41) is 10.8. The number of methoxy groups -OCH3 is 1. The maximum Gasteiger partial charge on any atom is 0.328 e. The van der Waals surface area contributed by atoms with Crippen LogP contribution < -0.4 is 14.8 Å². The monoisotopic (exact) mass is 388 g/mol. The molecule has 0 radical (unpaired) electrons. The van der Waals surface area contributed by atoms with Crippen molar-refractivity contribution >= 4 is 21.9 Å². The Morgan fingerprint density at radius 1 is 1.35 bits per heavy atom. The molecule has 0 spiro atoms. The Labute approximate surface area is 150 Å². The molecule has 0 saturated heterocycles. The van der Waals surface area contributed by atoms with Crippen molar-refractivity contribution in [3.05, 3.63) is 23.8 Å². The number of ether oxygens (including phenoxy) is 1. The number of nitrogens with one attached hydrogen (secondary N) is 2. The van der Waals surface area contributed by atoms with Gasteiger partial charge in [0.25, 0.3) is 5.91 Å².